The highest BCUT2D eigenvalue weighted by molar-refractivity contribution is 5.25. The van der Waals surface area contributed by atoms with Crippen LogP contribution in [0.5, 0.6) is 0 Å². The van der Waals surface area contributed by atoms with Gasteiger partial charge >= 0.3 is 0 Å². The topological polar surface area (TPSA) is 53.0 Å². The Morgan fingerprint density at radius 1 is 1.44 bits per heavy atom. The van der Waals surface area contributed by atoms with Crippen LogP contribution in [-0.4, -0.2) is 30.6 Å². The zero-order chi connectivity index (χ0) is 13.0. The molecule has 0 aliphatic carbocycles. The fourth-order valence-electron chi connectivity index (χ4n) is 2.62. The van der Waals surface area contributed by atoms with Gasteiger partial charge in [-0.3, -0.25) is 0 Å². The molecule has 0 amide bonds. The lowest BCUT2D eigenvalue weighted by Crippen LogP contribution is -2.31. The van der Waals surface area contributed by atoms with Gasteiger partial charge < -0.3 is 10.6 Å². The largest absolute Gasteiger partial charge is 0.328 e. The summed E-state index contributed by atoms with van der Waals surface area (Å²) in [4.78, 5) is 2.37. The molecule has 3 heteroatoms. The van der Waals surface area contributed by atoms with Crippen molar-refractivity contribution >= 4 is 0 Å². The normalized spacial score (nSPS) is 23.5. The third-order valence-corrected chi connectivity index (χ3v) is 3.85. The smallest absolute Gasteiger partial charge is 0.0839 e. The Kier molecular flexibility index (Phi) is 4.35. The lowest BCUT2D eigenvalue weighted by atomic mass is 10.00. The van der Waals surface area contributed by atoms with Gasteiger partial charge in [0.15, 0.2) is 0 Å². The predicted molar refractivity (Wildman–Crippen MR) is 73.0 cm³/mol. The van der Waals surface area contributed by atoms with Crippen molar-refractivity contribution in [2.45, 2.75) is 25.3 Å². The molecule has 1 aromatic carbocycles. The standard InChI is InChI=1S/C15H21N3/c1-12(17)14-7-8-18(10-14)11-15(9-16)13-5-3-2-4-6-13/h2-6,12,14-15H,7-8,10-11,17H2,1H3. The van der Waals surface area contributed by atoms with E-state index in [1.165, 1.54) is 0 Å². The third-order valence-electron chi connectivity index (χ3n) is 3.85. The van der Waals surface area contributed by atoms with Gasteiger partial charge in [0.1, 0.15) is 0 Å². The van der Waals surface area contributed by atoms with Gasteiger partial charge in [0.25, 0.3) is 0 Å². The first kappa shape index (κ1) is 13.1. The van der Waals surface area contributed by atoms with Crippen molar-refractivity contribution < 1.29 is 0 Å². The van der Waals surface area contributed by atoms with E-state index in [1.807, 2.05) is 30.3 Å². The van der Waals surface area contributed by atoms with Crippen LogP contribution in [0.2, 0.25) is 0 Å². The van der Waals surface area contributed by atoms with Gasteiger partial charge in [0, 0.05) is 19.1 Å². The Hall–Kier alpha value is -1.37. The summed E-state index contributed by atoms with van der Waals surface area (Å²) in [5, 5.41) is 9.31. The Bertz CT molecular complexity index is 407. The average Bonchev–Trinajstić information content (AvgIpc) is 2.86. The zero-order valence-corrected chi connectivity index (χ0v) is 10.9. The summed E-state index contributed by atoms with van der Waals surface area (Å²) in [6, 6.07) is 12.7. The maximum absolute atomic E-state index is 9.31. The molecular weight excluding hydrogens is 222 g/mol. The second-order valence-electron chi connectivity index (χ2n) is 5.26. The van der Waals surface area contributed by atoms with Crippen LogP contribution in [0.25, 0.3) is 0 Å². The summed E-state index contributed by atoms with van der Waals surface area (Å²) < 4.78 is 0. The second kappa shape index (κ2) is 5.99. The van der Waals surface area contributed by atoms with E-state index in [1.54, 1.807) is 0 Å². The van der Waals surface area contributed by atoms with Crippen molar-refractivity contribution in [3.63, 3.8) is 0 Å². The van der Waals surface area contributed by atoms with Crippen molar-refractivity contribution in [1.82, 2.24) is 4.90 Å². The molecule has 0 spiro atoms. The number of likely N-dealkylation sites (tertiary alicyclic amines) is 1. The molecule has 2 rings (SSSR count). The van der Waals surface area contributed by atoms with E-state index >= 15 is 0 Å². The monoisotopic (exact) mass is 243 g/mol. The molecule has 0 radical (unpaired) electrons. The minimum absolute atomic E-state index is 0.0296. The number of hydrogen-bond acceptors (Lipinski definition) is 3. The van der Waals surface area contributed by atoms with E-state index in [0.29, 0.717) is 5.92 Å². The predicted octanol–water partition coefficient (Wildman–Crippen LogP) is 1.96. The zero-order valence-electron chi connectivity index (χ0n) is 10.9. The van der Waals surface area contributed by atoms with Crippen LogP contribution in [0.4, 0.5) is 0 Å². The number of rotatable bonds is 4. The summed E-state index contributed by atoms with van der Waals surface area (Å²) >= 11 is 0. The van der Waals surface area contributed by atoms with E-state index in [2.05, 4.69) is 17.9 Å². The molecule has 1 saturated heterocycles. The van der Waals surface area contributed by atoms with E-state index in [9.17, 15) is 5.26 Å². The number of nitriles is 1. The maximum atomic E-state index is 9.31. The molecule has 1 aliphatic rings. The Morgan fingerprint density at radius 3 is 2.72 bits per heavy atom. The summed E-state index contributed by atoms with van der Waals surface area (Å²) in [7, 11) is 0. The van der Waals surface area contributed by atoms with Gasteiger partial charge in [-0.15, -0.1) is 0 Å². The van der Waals surface area contributed by atoms with Crippen molar-refractivity contribution in [2.24, 2.45) is 11.7 Å². The minimum Gasteiger partial charge on any atom is -0.328 e. The van der Waals surface area contributed by atoms with E-state index < -0.39 is 0 Å². The van der Waals surface area contributed by atoms with Crippen LogP contribution >= 0.6 is 0 Å². The van der Waals surface area contributed by atoms with Crippen LogP contribution < -0.4 is 5.73 Å². The highest BCUT2D eigenvalue weighted by atomic mass is 15.1. The molecule has 0 aromatic heterocycles. The average molecular weight is 243 g/mol. The van der Waals surface area contributed by atoms with Crippen LogP contribution in [-0.2, 0) is 0 Å². The lowest BCUT2D eigenvalue weighted by Gasteiger charge is -2.20. The minimum atomic E-state index is -0.0296. The molecule has 96 valence electrons. The van der Waals surface area contributed by atoms with Crippen LogP contribution in [0.1, 0.15) is 24.8 Å². The lowest BCUT2D eigenvalue weighted by molar-refractivity contribution is 0.310. The van der Waals surface area contributed by atoms with Gasteiger partial charge in [0.05, 0.1) is 12.0 Å². The molecule has 1 fully saturated rings. The molecule has 2 N–H and O–H groups in total. The SMILES string of the molecule is CC(N)C1CCN(CC(C#N)c2ccccc2)C1. The summed E-state index contributed by atoms with van der Waals surface area (Å²) in [5.74, 6) is 0.554. The van der Waals surface area contributed by atoms with Crippen LogP contribution in [0.15, 0.2) is 30.3 Å². The molecule has 0 bridgehead atoms. The first-order valence-electron chi connectivity index (χ1n) is 6.63. The van der Waals surface area contributed by atoms with Gasteiger partial charge in [-0.25, -0.2) is 0 Å². The van der Waals surface area contributed by atoms with Gasteiger partial charge in [0.2, 0.25) is 0 Å². The van der Waals surface area contributed by atoms with Crippen molar-refractivity contribution in [2.75, 3.05) is 19.6 Å². The Morgan fingerprint density at radius 2 is 2.17 bits per heavy atom. The summed E-state index contributed by atoms with van der Waals surface area (Å²) in [6.45, 7) is 5.00. The van der Waals surface area contributed by atoms with Gasteiger partial charge in [-0.2, -0.15) is 5.26 Å². The number of benzene rings is 1. The first-order valence-corrected chi connectivity index (χ1v) is 6.63. The van der Waals surface area contributed by atoms with Crippen LogP contribution in [0.3, 0.4) is 0 Å². The molecule has 3 nitrogen and oxygen atoms in total. The highest BCUT2D eigenvalue weighted by Gasteiger charge is 2.27. The first-order chi connectivity index (χ1) is 8.70. The number of nitrogens with two attached hydrogens (primary N) is 1. The molecule has 3 unspecified atom stereocenters. The molecule has 1 heterocycles. The Labute approximate surface area is 109 Å². The van der Waals surface area contributed by atoms with Crippen LogP contribution in [0, 0.1) is 17.2 Å². The quantitative estimate of drug-likeness (QED) is 0.879. The molecule has 1 aromatic rings. The van der Waals surface area contributed by atoms with E-state index in [-0.39, 0.29) is 12.0 Å². The summed E-state index contributed by atoms with van der Waals surface area (Å²) in [6.07, 6.45) is 1.16. The van der Waals surface area contributed by atoms with Crippen molar-refractivity contribution in [3.05, 3.63) is 35.9 Å². The molecule has 18 heavy (non-hydrogen) atoms. The molecule has 1 aliphatic heterocycles. The number of hydrogen-bond donors (Lipinski definition) is 1. The third kappa shape index (κ3) is 3.10. The number of nitrogens with zero attached hydrogens (tertiary/aromatic N) is 2. The Balaban J connectivity index is 1.95. The summed E-state index contributed by atoms with van der Waals surface area (Å²) in [5.41, 5.74) is 7.06. The fourth-order valence-corrected chi connectivity index (χ4v) is 2.62. The molecular formula is C15H21N3. The van der Waals surface area contributed by atoms with E-state index in [0.717, 1.165) is 31.6 Å². The maximum Gasteiger partial charge on any atom is 0.0839 e. The molecule has 0 saturated carbocycles. The molecule has 3 atom stereocenters. The van der Waals surface area contributed by atoms with Gasteiger partial charge in [-0.1, -0.05) is 30.3 Å². The second-order valence-corrected chi connectivity index (χ2v) is 5.26. The van der Waals surface area contributed by atoms with E-state index in [4.69, 9.17) is 5.73 Å². The van der Waals surface area contributed by atoms with Crippen molar-refractivity contribution in [1.29, 1.82) is 5.26 Å². The fraction of sp³-hybridized carbons (Fsp3) is 0.533. The van der Waals surface area contributed by atoms with Gasteiger partial charge in [-0.05, 0) is 31.4 Å². The highest BCUT2D eigenvalue weighted by Crippen LogP contribution is 2.23. The van der Waals surface area contributed by atoms with Crippen molar-refractivity contribution in [3.8, 4) is 6.07 Å².